The Morgan fingerprint density at radius 1 is 1.39 bits per heavy atom. The van der Waals surface area contributed by atoms with E-state index in [0.717, 1.165) is 0 Å². The number of rotatable bonds is 4. The maximum atomic E-state index is 13.3. The first-order chi connectivity index (χ1) is 8.45. The van der Waals surface area contributed by atoms with Crippen LogP contribution in [0.1, 0.15) is 26.3 Å². The van der Waals surface area contributed by atoms with Crippen molar-refractivity contribution in [2.45, 2.75) is 32.9 Å². The van der Waals surface area contributed by atoms with Gasteiger partial charge in [-0.05, 0) is 32.9 Å². The second-order valence-corrected chi connectivity index (χ2v) is 4.30. The lowest BCUT2D eigenvalue weighted by atomic mass is 10.1. The molecule has 0 heterocycles. The molecule has 0 aliphatic heterocycles. The van der Waals surface area contributed by atoms with Gasteiger partial charge in [0.15, 0.2) is 0 Å². The predicted molar refractivity (Wildman–Crippen MR) is 67.5 cm³/mol. The van der Waals surface area contributed by atoms with Crippen molar-refractivity contribution in [1.29, 1.82) is 5.26 Å². The van der Waals surface area contributed by atoms with E-state index < -0.39 is 11.9 Å². The molecule has 0 radical (unpaired) electrons. The second kappa shape index (κ2) is 6.01. The highest BCUT2D eigenvalue weighted by atomic mass is 19.1. The number of hydrogen-bond acceptors (Lipinski definition) is 3. The summed E-state index contributed by atoms with van der Waals surface area (Å²) in [6.45, 7) is 5.37. The molecular weight excluding hydrogens is 233 g/mol. The summed E-state index contributed by atoms with van der Waals surface area (Å²) in [4.78, 5) is 11.7. The highest BCUT2D eigenvalue weighted by molar-refractivity contribution is 5.84. The smallest absolute Gasteiger partial charge is 0.242 e. The van der Waals surface area contributed by atoms with Crippen LogP contribution in [0, 0.1) is 17.1 Å². The molecule has 18 heavy (non-hydrogen) atoms. The lowest BCUT2D eigenvalue weighted by molar-refractivity contribution is -0.122. The van der Waals surface area contributed by atoms with E-state index in [1.807, 2.05) is 13.8 Å². The lowest BCUT2D eigenvalue weighted by Crippen LogP contribution is -2.41. The Kier molecular flexibility index (Phi) is 4.67. The van der Waals surface area contributed by atoms with Gasteiger partial charge in [-0.15, -0.1) is 0 Å². The maximum Gasteiger partial charge on any atom is 0.242 e. The second-order valence-electron chi connectivity index (χ2n) is 4.30. The zero-order valence-corrected chi connectivity index (χ0v) is 10.6. The fourth-order valence-electron chi connectivity index (χ4n) is 1.47. The number of amides is 1. The van der Waals surface area contributed by atoms with E-state index >= 15 is 0 Å². The molecule has 0 fully saturated rings. The first-order valence-corrected chi connectivity index (χ1v) is 5.71. The molecule has 1 aromatic rings. The summed E-state index contributed by atoms with van der Waals surface area (Å²) in [6, 6.07) is 5.54. The quantitative estimate of drug-likeness (QED) is 0.858. The number of nitrogens with one attached hydrogen (secondary N) is 2. The molecule has 1 aromatic carbocycles. The molecule has 0 aromatic heterocycles. The van der Waals surface area contributed by atoms with Crippen molar-refractivity contribution in [2.75, 3.05) is 5.32 Å². The van der Waals surface area contributed by atoms with E-state index in [4.69, 9.17) is 5.26 Å². The summed E-state index contributed by atoms with van der Waals surface area (Å²) in [5.74, 6) is -0.794. The summed E-state index contributed by atoms with van der Waals surface area (Å²) in [5, 5.41) is 14.4. The van der Waals surface area contributed by atoms with Gasteiger partial charge in [0.25, 0.3) is 0 Å². The predicted octanol–water partition coefficient (Wildman–Crippen LogP) is 2.02. The minimum Gasteiger partial charge on any atom is -0.373 e. The minimum atomic E-state index is -0.598. The zero-order valence-electron chi connectivity index (χ0n) is 10.6. The van der Waals surface area contributed by atoms with E-state index in [2.05, 4.69) is 10.6 Å². The Morgan fingerprint density at radius 2 is 2.06 bits per heavy atom. The highest BCUT2D eigenvalue weighted by Crippen LogP contribution is 2.18. The van der Waals surface area contributed by atoms with Gasteiger partial charge in [-0.3, -0.25) is 4.79 Å². The number of benzene rings is 1. The summed E-state index contributed by atoms with van der Waals surface area (Å²) >= 11 is 0. The van der Waals surface area contributed by atoms with Gasteiger partial charge in [-0.1, -0.05) is 6.07 Å². The molecule has 4 nitrogen and oxygen atoms in total. The third-order valence-corrected chi connectivity index (χ3v) is 2.32. The van der Waals surface area contributed by atoms with Gasteiger partial charge >= 0.3 is 0 Å². The number of hydrogen-bond donors (Lipinski definition) is 2. The van der Waals surface area contributed by atoms with Gasteiger partial charge < -0.3 is 10.6 Å². The number of anilines is 1. The van der Waals surface area contributed by atoms with Crippen LogP contribution in [0.3, 0.4) is 0 Å². The molecule has 0 saturated carbocycles. The van der Waals surface area contributed by atoms with E-state index in [1.54, 1.807) is 19.1 Å². The average molecular weight is 249 g/mol. The van der Waals surface area contributed by atoms with E-state index in [0.29, 0.717) is 5.69 Å². The Balaban J connectivity index is 2.83. The Bertz CT molecular complexity index is 480. The first-order valence-electron chi connectivity index (χ1n) is 5.71. The molecule has 0 aliphatic rings. The number of carbonyl (C=O) groups is 1. The van der Waals surface area contributed by atoms with E-state index in [9.17, 15) is 9.18 Å². The molecule has 1 amide bonds. The summed E-state index contributed by atoms with van der Waals surface area (Å²) in [5.41, 5.74) is 0.241. The van der Waals surface area contributed by atoms with Crippen molar-refractivity contribution in [3.63, 3.8) is 0 Å². The number of nitrogens with zero attached hydrogens (tertiary/aromatic N) is 1. The molecule has 5 heteroatoms. The van der Waals surface area contributed by atoms with Gasteiger partial charge in [-0.2, -0.15) is 5.26 Å². The van der Waals surface area contributed by atoms with Crippen LogP contribution in [0.25, 0.3) is 0 Å². The Hall–Kier alpha value is -2.09. The van der Waals surface area contributed by atoms with Crippen LogP contribution in [0.2, 0.25) is 0 Å². The van der Waals surface area contributed by atoms with Crippen LogP contribution in [0.15, 0.2) is 18.2 Å². The zero-order chi connectivity index (χ0) is 13.7. The number of halogens is 1. The Labute approximate surface area is 106 Å². The third-order valence-electron chi connectivity index (χ3n) is 2.32. The highest BCUT2D eigenvalue weighted by Gasteiger charge is 2.16. The van der Waals surface area contributed by atoms with Crippen LogP contribution < -0.4 is 10.6 Å². The van der Waals surface area contributed by atoms with Crippen LogP contribution in [-0.4, -0.2) is 18.0 Å². The van der Waals surface area contributed by atoms with Crippen LogP contribution in [0.4, 0.5) is 10.1 Å². The van der Waals surface area contributed by atoms with Crippen LogP contribution in [-0.2, 0) is 4.79 Å². The molecule has 0 bridgehead atoms. The first kappa shape index (κ1) is 14.0. The molecule has 96 valence electrons. The number of nitriles is 1. The van der Waals surface area contributed by atoms with Crippen molar-refractivity contribution in [3.05, 3.63) is 29.6 Å². The van der Waals surface area contributed by atoms with Crippen molar-refractivity contribution in [3.8, 4) is 6.07 Å². The monoisotopic (exact) mass is 249 g/mol. The van der Waals surface area contributed by atoms with Gasteiger partial charge in [0.05, 0.1) is 5.69 Å². The Morgan fingerprint density at radius 3 is 2.61 bits per heavy atom. The average Bonchev–Trinajstić information content (AvgIpc) is 2.28. The van der Waals surface area contributed by atoms with E-state index in [1.165, 1.54) is 12.1 Å². The molecule has 1 unspecified atom stereocenters. The fourth-order valence-corrected chi connectivity index (χ4v) is 1.47. The minimum absolute atomic E-state index is 0.0321. The standard InChI is InChI=1S/C13H16FN3O/c1-8(2)16-13(18)9(3)17-12-6-4-5-11(14)10(12)7-15/h4-6,8-9,17H,1-3H3,(H,16,18). The molecule has 2 N–H and O–H groups in total. The molecule has 0 saturated heterocycles. The van der Waals surface area contributed by atoms with Crippen LogP contribution in [0.5, 0.6) is 0 Å². The fraction of sp³-hybridized carbons (Fsp3) is 0.385. The molecule has 0 aliphatic carbocycles. The van der Waals surface area contributed by atoms with Gasteiger partial charge in [-0.25, -0.2) is 4.39 Å². The summed E-state index contributed by atoms with van der Waals surface area (Å²) in [7, 11) is 0. The normalized spacial score (nSPS) is 11.8. The SMILES string of the molecule is CC(C)NC(=O)C(C)Nc1cccc(F)c1C#N. The molecule has 1 rings (SSSR count). The van der Waals surface area contributed by atoms with Crippen LogP contribution >= 0.6 is 0 Å². The largest absolute Gasteiger partial charge is 0.373 e. The van der Waals surface area contributed by atoms with Gasteiger partial charge in [0.1, 0.15) is 23.5 Å². The van der Waals surface area contributed by atoms with Crippen molar-refractivity contribution < 1.29 is 9.18 Å². The van der Waals surface area contributed by atoms with E-state index in [-0.39, 0.29) is 17.5 Å². The topological polar surface area (TPSA) is 64.9 Å². The van der Waals surface area contributed by atoms with Gasteiger partial charge in [0, 0.05) is 6.04 Å². The van der Waals surface area contributed by atoms with Crippen molar-refractivity contribution in [2.24, 2.45) is 0 Å². The molecular formula is C13H16FN3O. The lowest BCUT2D eigenvalue weighted by Gasteiger charge is -2.17. The summed E-state index contributed by atoms with van der Waals surface area (Å²) in [6.07, 6.45) is 0. The van der Waals surface area contributed by atoms with Gasteiger partial charge in [0.2, 0.25) is 5.91 Å². The maximum absolute atomic E-state index is 13.3. The molecule has 1 atom stereocenters. The molecule has 0 spiro atoms. The van der Waals surface area contributed by atoms with Crippen molar-refractivity contribution >= 4 is 11.6 Å². The number of carbonyl (C=O) groups excluding carboxylic acids is 1. The third kappa shape index (κ3) is 3.45. The van der Waals surface area contributed by atoms with Crippen molar-refractivity contribution in [1.82, 2.24) is 5.32 Å². The summed E-state index contributed by atoms with van der Waals surface area (Å²) < 4.78 is 13.3.